The predicted molar refractivity (Wildman–Crippen MR) is 147 cm³/mol. The van der Waals surface area contributed by atoms with E-state index < -0.39 is 39.7 Å². The Kier molecular flexibility index (Phi) is 10.5. The highest BCUT2D eigenvalue weighted by molar-refractivity contribution is 7.89. The maximum absolute atomic E-state index is 13.4. The molecule has 0 aliphatic heterocycles. The van der Waals surface area contributed by atoms with Crippen LogP contribution >= 0.6 is 0 Å². The number of methoxy groups -OCH3 is 1. The number of nitrogens with one attached hydrogen (secondary N) is 2. The van der Waals surface area contributed by atoms with Crippen LogP contribution in [0.3, 0.4) is 0 Å². The van der Waals surface area contributed by atoms with Crippen molar-refractivity contribution in [2.24, 2.45) is 11.1 Å². The van der Waals surface area contributed by atoms with Crippen molar-refractivity contribution < 1.29 is 32.2 Å². The normalized spacial score (nSPS) is 14.3. The maximum atomic E-state index is 13.4. The molecular weight excluding hydrogens is 522 g/mol. The number of sulfonamides is 1. The molecule has 0 saturated carbocycles. The van der Waals surface area contributed by atoms with Gasteiger partial charge in [0.05, 0.1) is 36.5 Å². The summed E-state index contributed by atoms with van der Waals surface area (Å²) in [4.78, 5) is 12.8. The van der Waals surface area contributed by atoms with Crippen LogP contribution in [-0.4, -0.2) is 51.5 Å². The standard InChI is InChI=1S/C28H37N3O7S/c1-28(2,14-15-29)18-25(31-39(34,35)23-11-9-21(36-3)10-12-23)26(32)24(17-20-7-5-4-6-8-20)30-27(33)38-22-13-16-37-19-22/h4-13,16,19,24-26,31-32H,14-15,17-18,29H2,1-3H3,(H,30,33)/t24-,25?,26+/m0/s1. The molecule has 0 saturated heterocycles. The number of nitrogens with two attached hydrogens (primary N) is 1. The topological polar surface area (TPSA) is 153 Å². The van der Waals surface area contributed by atoms with Crippen molar-refractivity contribution in [1.29, 1.82) is 0 Å². The molecule has 10 nitrogen and oxygen atoms in total. The summed E-state index contributed by atoms with van der Waals surface area (Å²) in [5, 5.41) is 14.4. The van der Waals surface area contributed by atoms with E-state index in [0.717, 1.165) is 5.56 Å². The minimum Gasteiger partial charge on any atom is -0.497 e. The van der Waals surface area contributed by atoms with Gasteiger partial charge in [-0.25, -0.2) is 17.9 Å². The van der Waals surface area contributed by atoms with Crippen molar-refractivity contribution >= 4 is 16.1 Å². The fraction of sp³-hybridized carbons (Fsp3) is 0.393. The molecule has 0 spiro atoms. The molecule has 1 unspecified atom stereocenters. The van der Waals surface area contributed by atoms with Gasteiger partial charge in [-0.1, -0.05) is 44.2 Å². The molecule has 212 valence electrons. The second-order valence-corrected chi connectivity index (χ2v) is 11.8. The lowest BCUT2D eigenvalue weighted by atomic mass is 9.80. The summed E-state index contributed by atoms with van der Waals surface area (Å²) in [6, 6.07) is 14.8. The van der Waals surface area contributed by atoms with Crippen molar-refractivity contribution in [3.63, 3.8) is 0 Å². The molecule has 0 radical (unpaired) electrons. The first-order valence-electron chi connectivity index (χ1n) is 12.6. The molecule has 2 aromatic carbocycles. The monoisotopic (exact) mass is 559 g/mol. The van der Waals surface area contributed by atoms with E-state index in [9.17, 15) is 18.3 Å². The summed E-state index contributed by atoms with van der Waals surface area (Å²) in [6.07, 6.45) is 1.57. The van der Waals surface area contributed by atoms with Gasteiger partial charge in [0, 0.05) is 6.07 Å². The molecule has 1 heterocycles. The molecule has 0 aliphatic carbocycles. The van der Waals surface area contributed by atoms with Crippen LogP contribution in [0.5, 0.6) is 11.5 Å². The van der Waals surface area contributed by atoms with E-state index in [4.69, 9.17) is 19.6 Å². The van der Waals surface area contributed by atoms with E-state index in [1.54, 1.807) is 12.1 Å². The van der Waals surface area contributed by atoms with Crippen LogP contribution < -0.4 is 25.2 Å². The van der Waals surface area contributed by atoms with E-state index in [-0.39, 0.29) is 23.5 Å². The Morgan fingerprint density at radius 3 is 2.33 bits per heavy atom. The number of hydrogen-bond donors (Lipinski definition) is 4. The number of aliphatic hydroxyl groups excluding tert-OH is 1. The number of hydrogen-bond acceptors (Lipinski definition) is 8. The lowest BCUT2D eigenvalue weighted by molar-refractivity contribution is 0.0733. The second kappa shape index (κ2) is 13.6. The highest BCUT2D eigenvalue weighted by Crippen LogP contribution is 2.29. The first-order valence-corrected chi connectivity index (χ1v) is 14.1. The predicted octanol–water partition coefficient (Wildman–Crippen LogP) is 3.46. The van der Waals surface area contributed by atoms with Crippen LogP contribution in [0.4, 0.5) is 4.79 Å². The fourth-order valence-electron chi connectivity index (χ4n) is 4.35. The van der Waals surface area contributed by atoms with Gasteiger partial charge in [0.15, 0.2) is 5.75 Å². The van der Waals surface area contributed by atoms with Gasteiger partial charge in [-0.2, -0.15) is 0 Å². The van der Waals surface area contributed by atoms with Gasteiger partial charge in [0.1, 0.15) is 12.0 Å². The van der Waals surface area contributed by atoms with Crippen molar-refractivity contribution in [3.05, 3.63) is 78.8 Å². The second-order valence-electron chi connectivity index (χ2n) is 10.1. The lowest BCUT2D eigenvalue weighted by Crippen LogP contribution is -2.56. The molecular formula is C28H37N3O7S. The molecule has 1 amide bonds. The smallest absolute Gasteiger partial charge is 0.413 e. The average Bonchev–Trinajstić information content (AvgIpc) is 3.40. The largest absolute Gasteiger partial charge is 0.497 e. The lowest BCUT2D eigenvalue weighted by Gasteiger charge is -2.36. The zero-order chi connectivity index (χ0) is 28.5. The number of benzene rings is 2. The highest BCUT2D eigenvalue weighted by Gasteiger charge is 2.36. The number of aliphatic hydroxyl groups is 1. The van der Waals surface area contributed by atoms with Gasteiger partial charge in [-0.05, 0) is 61.1 Å². The minimum atomic E-state index is -4.05. The number of rotatable bonds is 14. The molecule has 3 rings (SSSR count). The van der Waals surface area contributed by atoms with Gasteiger partial charge in [0.2, 0.25) is 10.0 Å². The van der Waals surface area contributed by atoms with Crippen molar-refractivity contribution in [2.45, 2.75) is 56.2 Å². The summed E-state index contributed by atoms with van der Waals surface area (Å²) in [7, 11) is -2.55. The van der Waals surface area contributed by atoms with Gasteiger partial charge in [0.25, 0.3) is 0 Å². The Morgan fingerprint density at radius 1 is 1.05 bits per heavy atom. The summed E-state index contributed by atoms with van der Waals surface area (Å²) in [6.45, 7) is 4.30. The Balaban J connectivity index is 1.91. The van der Waals surface area contributed by atoms with Crippen molar-refractivity contribution in [2.75, 3.05) is 13.7 Å². The number of amides is 1. The number of ether oxygens (including phenoxy) is 2. The van der Waals surface area contributed by atoms with Crippen LogP contribution in [-0.2, 0) is 16.4 Å². The zero-order valence-electron chi connectivity index (χ0n) is 22.4. The first kappa shape index (κ1) is 30.2. The molecule has 3 atom stereocenters. The third kappa shape index (κ3) is 9.10. The summed E-state index contributed by atoms with van der Waals surface area (Å²) < 4.78 is 44.8. The van der Waals surface area contributed by atoms with Crippen LogP contribution in [0.15, 0.2) is 82.5 Å². The Hall–Kier alpha value is -3.38. The number of furan rings is 1. The first-order chi connectivity index (χ1) is 18.5. The summed E-state index contributed by atoms with van der Waals surface area (Å²) in [5.41, 5.74) is 6.23. The van der Waals surface area contributed by atoms with E-state index in [1.807, 2.05) is 44.2 Å². The van der Waals surface area contributed by atoms with Crippen LogP contribution in [0.25, 0.3) is 0 Å². The molecule has 11 heteroatoms. The van der Waals surface area contributed by atoms with Crippen molar-refractivity contribution in [1.82, 2.24) is 10.0 Å². The molecule has 1 aromatic heterocycles. The Labute approximate surface area is 229 Å². The molecule has 0 bridgehead atoms. The van der Waals surface area contributed by atoms with Crippen LogP contribution in [0, 0.1) is 5.41 Å². The molecule has 39 heavy (non-hydrogen) atoms. The summed E-state index contributed by atoms with van der Waals surface area (Å²) in [5.74, 6) is 0.708. The van der Waals surface area contributed by atoms with Crippen LogP contribution in [0.2, 0.25) is 0 Å². The minimum absolute atomic E-state index is 0.0177. The van der Waals surface area contributed by atoms with Gasteiger partial charge in [-0.3, -0.25) is 0 Å². The number of carbonyl (C=O) groups excluding carboxylic acids is 1. The maximum Gasteiger partial charge on any atom is 0.413 e. The molecule has 0 aliphatic rings. The van der Waals surface area contributed by atoms with E-state index >= 15 is 0 Å². The fourth-order valence-corrected chi connectivity index (χ4v) is 5.60. The van der Waals surface area contributed by atoms with Crippen molar-refractivity contribution in [3.8, 4) is 11.5 Å². The molecule has 0 fully saturated rings. The molecule has 3 aromatic rings. The van der Waals surface area contributed by atoms with Crippen LogP contribution in [0.1, 0.15) is 32.3 Å². The average molecular weight is 560 g/mol. The summed E-state index contributed by atoms with van der Waals surface area (Å²) >= 11 is 0. The van der Waals surface area contributed by atoms with Gasteiger partial charge < -0.3 is 30.0 Å². The van der Waals surface area contributed by atoms with Gasteiger partial charge in [-0.15, -0.1) is 0 Å². The highest BCUT2D eigenvalue weighted by atomic mass is 32.2. The van der Waals surface area contributed by atoms with E-state index in [1.165, 1.54) is 37.8 Å². The quantitative estimate of drug-likeness (QED) is 0.234. The Bertz CT molecular complexity index is 1260. The molecule has 5 N–H and O–H groups in total. The van der Waals surface area contributed by atoms with E-state index in [0.29, 0.717) is 18.7 Å². The Morgan fingerprint density at radius 2 is 1.74 bits per heavy atom. The third-order valence-corrected chi connectivity index (χ3v) is 7.91. The SMILES string of the molecule is COc1ccc(S(=O)(=O)NC(CC(C)(C)CCN)[C@H](O)[C@H](Cc2ccccc2)NC(=O)Oc2ccoc2)cc1. The number of carbonyl (C=O) groups is 1. The van der Waals surface area contributed by atoms with E-state index in [2.05, 4.69) is 10.0 Å². The zero-order valence-corrected chi connectivity index (χ0v) is 23.2. The van der Waals surface area contributed by atoms with Gasteiger partial charge >= 0.3 is 6.09 Å². The third-order valence-electron chi connectivity index (χ3n) is 6.40.